The normalized spacial score (nSPS) is 11.2. The van der Waals surface area contributed by atoms with Crippen molar-refractivity contribution < 1.29 is 9.13 Å². The molecule has 1 N–H and O–H groups in total. The summed E-state index contributed by atoms with van der Waals surface area (Å²) < 4.78 is 18.7. The van der Waals surface area contributed by atoms with Crippen LogP contribution in [-0.4, -0.2) is 27.3 Å². The Kier molecular flexibility index (Phi) is 3.78. The summed E-state index contributed by atoms with van der Waals surface area (Å²) in [5, 5.41) is 9.97. The van der Waals surface area contributed by atoms with Crippen LogP contribution in [0.2, 0.25) is 0 Å². The van der Waals surface area contributed by atoms with Crippen molar-refractivity contribution >= 4 is 33.8 Å². The first kappa shape index (κ1) is 14.9. The Labute approximate surface area is 141 Å². The molecule has 0 fully saturated rings. The van der Waals surface area contributed by atoms with E-state index < -0.39 is 0 Å². The quantitative estimate of drug-likeness (QED) is 0.570. The second kappa shape index (κ2) is 6.09. The number of nitrogens with one attached hydrogen (secondary N) is 1. The maximum absolute atomic E-state index is 13.4. The van der Waals surface area contributed by atoms with Crippen molar-refractivity contribution in [3.8, 4) is 5.75 Å². The molecular weight excluding hydrogens is 327 g/mol. The fraction of sp³-hybridized carbons (Fsp3) is 0.118. The molecule has 24 heavy (non-hydrogen) atoms. The minimum Gasteiger partial charge on any atom is -0.496 e. The zero-order valence-corrected chi connectivity index (χ0v) is 13.6. The molecule has 0 aliphatic rings. The van der Waals surface area contributed by atoms with Gasteiger partial charge in [0.1, 0.15) is 17.1 Å². The van der Waals surface area contributed by atoms with E-state index in [4.69, 9.17) is 4.74 Å². The molecule has 0 bridgehead atoms. The van der Waals surface area contributed by atoms with Gasteiger partial charge in [-0.3, -0.25) is 0 Å². The van der Waals surface area contributed by atoms with E-state index in [1.807, 2.05) is 24.3 Å². The fourth-order valence-electron chi connectivity index (χ4n) is 2.57. The Morgan fingerprint density at radius 2 is 2.04 bits per heavy atom. The predicted octanol–water partition coefficient (Wildman–Crippen LogP) is 3.95. The summed E-state index contributed by atoms with van der Waals surface area (Å²) in [6.45, 7) is 0. The summed E-state index contributed by atoms with van der Waals surface area (Å²) >= 11 is 1.39. The van der Waals surface area contributed by atoms with Crippen LogP contribution in [0.5, 0.6) is 5.75 Å². The van der Waals surface area contributed by atoms with Gasteiger partial charge in [0.2, 0.25) is 5.16 Å². The van der Waals surface area contributed by atoms with Crippen LogP contribution < -0.4 is 4.74 Å². The van der Waals surface area contributed by atoms with Crippen LogP contribution >= 0.6 is 11.8 Å². The number of nitrogens with zero attached hydrogens (tertiary/aromatic N) is 3. The van der Waals surface area contributed by atoms with Crippen LogP contribution in [-0.2, 0) is 5.75 Å². The molecule has 0 amide bonds. The van der Waals surface area contributed by atoms with Crippen LogP contribution in [0.15, 0.2) is 47.6 Å². The van der Waals surface area contributed by atoms with Gasteiger partial charge in [-0.2, -0.15) is 0 Å². The molecule has 0 aliphatic carbocycles. The summed E-state index contributed by atoms with van der Waals surface area (Å²) in [7, 11) is 1.57. The Bertz CT molecular complexity index is 1030. The standard InChI is InChI=1S/C17H13FN4OS/c1-23-14-7-6-11(18)8-10(14)9-24-17-20-16-15(21-22-17)12-4-2-3-5-13(12)19-16/h2-8H,9H2,1H3,(H,19,20,22). The molecule has 2 aromatic heterocycles. The molecule has 0 saturated heterocycles. The molecule has 0 radical (unpaired) electrons. The number of ether oxygens (including phenoxy) is 1. The van der Waals surface area contributed by atoms with E-state index in [1.54, 1.807) is 13.2 Å². The number of H-pyrrole nitrogens is 1. The number of halogens is 1. The van der Waals surface area contributed by atoms with E-state index in [1.165, 1.54) is 23.9 Å². The van der Waals surface area contributed by atoms with Gasteiger partial charge in [-0.25, -0.2) is 9.37 Å². The third kappa shape index (κ3) is 2.67. The second-order valence-corrected chi connectivity index (χ2v) is 6.15. The van der Waals surface area contributed by atoms with E-state index in [0.717, 1.165) is 22.0 Å². The van der Waals surface area contributed by atoms with E-state index in [9.17, 15) is 4.39 Å². The zero-order chi connectivity index (χ0) is 16.5. The van der Waals surface area contributed by atoms with Crippen LogP contribution in [0.25, 0.3) is 22.1 Å². The average Bonchev–Trinajstić information content (AvgIpc) is 2.98. The highest BCUT2D eigenvalue weighted by Gasteiger charge is 2.11. The molecule has 5 nitrogen and oxygen atoms in total. The van der Waals surface area contributed by atoms with Gasteiger partial charge in [0.15, 0.2) is 5.65 Å². The minimum absolute atomic E-state index is 0.295. The third-order valence-corrected chi connectivity index (χ3v) is 4.59. The van der Waals surface area contributed by atoms with Crippen molar-refractivity contribution in [2.45, 2.75) is 10.9 Å². The van der Waals surface area contributed by atoms with Crippen LogP contribution in [0, 0.1) is 5.82 Å². The Hall–Kier alpha value is -2.67. The van der Waals surface area contributed by atoms with Gasteiger partial charge in [-0.1, -0.05) is 30.0 Å². The van der Waals surface area contributed by atoms with Crippen molar-refractivity contribution in [3.05, 3.63) is 53.8 Å². The molecule has 0 atom stereocenters. The topological polar surface area (TPSA) is 63.7 Å². The number of rotatable bonds is 4. The summed E-state index contributed by atoms with van der Waals surface area (Å²) in [5.41, 5.74) is 3.17. The lowest BCUT2D eigenvalue weighted by Gasteiger charge is -2.07. The molecule has 4 aromatic rings. The van der Waals surface area contributed by atoms with Gasteiger partial charge in [0, 0.05) is 22.2 Å². The van der Waals surface area contributed by atoms with E-state index in [0.29, 0.717) is 22.3 Å². The molecule has 120 valence electrons. The monoisotopic (exact) mass is 340 g/mol. The number of benzene rings is 2. The first-order valence-corrected chi connectivity index (χ1v) is 8.29. The van der Waals surface area contributed by atoms with E-state index in [-0.39, 0.29) is 5.82 Å². The van der Waals surface area contributed by atoms with Crippen LogP contribution in [0.3, 0.4) is 0 Å². The van der Waals surface area contributed by atoms with Crippen molar-refractivity contribution in [1.29, 1.82) is 0 Å². The minimum atomic E-state index is -0.295. The summed E-state index contributed by atoms with van der Waals surface area (Å²) in [6, 6.07) is 12.3. The zero-order valence-electron chi connectivity index (χ0n) is 12.8. The number of fused-ring (bicyclic) bond motifs is 3. The van der Waals surface area contributed by atoms with Crippen LogP contribution in [0.4, 0.5) is 4.39 Å². The SMILES string of the molecule is COc1ccc(F)cc1CSc1nnc2c(n1)[nH]c1ccccc12. The molecule has 0 spiro atoms. The Morgan fingerprint density at radius 1 is 1.17 bits per heavy atom. The molecule has 0 aliphatic heterocycles. The maximum atomic E-state index is 13.4. The van der Waals surface area contributed by atoms with Crippen molar-refractivity contribution in [1.82, 2.24) is 20.2 Å². The second-order valence-electron chi connectivity index (χ2n) is 5.21. The number of methoxy groups -OCH3 is 1. The van der Waals surface area contributed by atoms with Crippen molar-refractivity contribution in [2.24, 2.45) is 0 Å². The smallest absolute Gasteiger partial charge is 0.211 e. The number of para-hydroxylation sites is 1. The van der Waals surface area contributed by atoms with Gasteiger partial charge in [0.05, 0.1) is 7.11 Å². The number of aromatic nitrogens is 4. The highest BCUT2D eigenvalue weighted by atomic mass is 32.2. The van der Waals surface area contributed by atoms with Gasteiger partial charge >= 0.3 is 0 Å². The molecule has 2 aromatic carbocycles. The lowest BCUT2D eigenvalue weighted by molar-refractivity contribution is 0.410. The number of hydrogen-bond acceptors (Lipinski definition) is 5. The molecule has 7 heteroatoms. The van der Waals surface area contributed by atoms with Crippen molar-refractivity contribution in [3.63, 3.8) is 0 Å². The van der Waals surface area contributed by atoms with Gasteiger partial charge < -0.3 is 9.72 Å². The average molecular weight is 340 g/mol. The molecule has 0 unspecified atom stereocenters. The van der Waals surface area contributed by atoms with Crippen molar-refractivity contribution in [2.75, 3.05) is 7.11 Å². The third-order valence-electron chi connectivity index (χ3n) is 3.70. The number of aromatic amines is 1. The lowest BCUT2D eigenvalue weighted by Crippen LogP contribution is -1.94. The van der Waals surface area contributed by atoms with Crippen LogP contribution in [0.1, 0.15) is 5.56 Å². The molecular formula is C17H13FN4OS. The lowest BCUT2D eigenvalue weighted by atomic mass is 10.2. The summed E-state index contributed by atoms with van der Waals surface area (Å²) in [5.74, 6) is 0.842. The number of hydrogen-bond donors (Lipinski definition) is 1. The molecule has 0 saturated carbocycles. The Balaban J connectivity index is 1.63. The number of thioether (sulfide) groups is 1. The maximum Gasteiger partial charge on any atom is 0.211 e. The first-order chi connectivity index (χ1) is 11.7. The predicted molar refractivity (Wildman–Crippen MR) is 91.7 cm³/mol. The molecule has 2 heterocycles. The van der Waals surface area contributed by atoms with Gasteiger partial charge in [-0.15, -0.1) is 10.2 Å². The largest absolute Gasteiger partial charge is 0.496 e. The fourth-order valence-corrected chi connectivity index (χ4v) is 3.33. The highest BCUT2D eigenvalue weighted by molar-refractivity contribution is 7.98. The first-order valence-electron chi connectivity index (χ1n) is 7.31. The summed E-state index contributed by atoms with van der Waals surface area (Å²) in [4.78, 5) is 7.74. The summed E-state index contributed by atoms with van der Waals surface area (Å²) in [6.07, 6.45) is 0. The van der Waals surface area contributed by atoms with E-state index >= 15 is 0 Å². The molecule has 4 rings (SSSR count). The van der Waals surface area contributed by atoms with E-state index in [2.05, 4.69) is 20.2 Å². The Morgan fingerprint density at radius 3 is 2.92 bits per heavy atom. The van der Waals surface area contributed by atoms with Gasteiger partial charge in [-0.05, 0) is 24.3 Å². The van der Waals surface area contributed by atoms with Gasteiger partial charge in [0.25, 0.3) is 0 Å². The highest BCUT2D eigenvalue weighted by Crippen LogP contribution is 2.28.